The lowest BCUT2D eigenvalue weighted by atomic mass is 10.2. The molecule has 1 fully saturated rings. The van der Waals surface area contributed by atoms with Gasteiger partial charge in [0.1, 0.15) is 11.1 Å². The van der Waals surface area contributed by atoms with Crippen molar-refractivity contribution in [2.24, 2.45) is 0 Å². The first kappa shape index (κ1) is 14.9. The first-order chi connectivity index (χ1) is 9.28. The van der Waals surface area contributed by atoms with Gasteiger partial charge in [-0.25, -0.2) is 4.98 Å². The van der Waals surface area contributed by atoms with Crippen molar-refractivity contribution in [1.82, 2.24) is 10.3 Å². The molecule has 1 aromatic heterocycles. The van der Waals surface area contributed by atoms with Crippen LogP contribution in [-0.2, 0) is 22.6 Å². The molecule has 0 bridgehead atoms. The molecule has 1 aliphatic carbocycles. The molecule has 0 spiro atoms. The molecule has 1 N–H and O–H groups in total. The van der Waals surface area contributed by atoms with Gasteiger partial charge in [0.05, 0.1) is 12.3 Å². The quantitative estimate of drug-likeness (QED) is 0.757. The first-order valence-electron chi connectivity index (χ1n) is 7.02. The first-order valence-corrected chi connectivity index (χ1v) is 7.83. The van der Waals surface area contributed by atoms with Crippen LogP contribution >= 0.6 is 11.3 Å². The predicted molar refractivity (Wildman–Crippen MR) is 77.3 cm³/mol. The lowest BCUT2D eigenvalue weighted by Gasteiger charge is -2.10. The Labute approximate surface area is 119 Å². The summed E-state index contributed by atoms with van der Waals surface area (Å²) in [4.78, 5) is 6.01. The molecular formula is C14H24N2O2S. The maximum absolute atomic E-state index is 5.55. The van der Waals surface area contributed by atoms with Crippen molar-refractivity contribution in [3.05, 3.63) is 15.6 Å². The number of methoxy groups -OCH3 is 2. The van der Waals surface area contributed by atoms with Gasteiger partial charge in [-0.05, 0) is 19.3 Å². The van der Waals surface area contributed by atoms with Crippen LogP contribution in [0.25, 0.3) is 0 Å². The largest absolute Gasteiger partial charge is 0.378 e. The Bertz CT molecular complexity index is 391. The van der Waals surface area contributed by atoms with Crippen LogP contribution in [0.5, 0.6) is 0 Å². The molecule has 1 aliphatic rings. The highest BCUT2D eigenvalue weighted by Crippen LogP contribution is 2.30. The standard InChI is InChI=1S/C14H24N2O2S/c1-4-5-12(18-3)14-16-11(9-17-2)13(19-14)8-15-10-6-7-10/h10,12,15H,4-9H2,1-3H3. The number of nitrogens with zero attached hydrogens (tertiary/aromatic N) is 1. The minimum atomic E-state index is 0.125. The molecular weight excluding hydrogens is 260 g/mol. The highest BCUT2D eigenvalue weighted by Gasteiger charge is 2.23. The summed E-state index contributed by atoms with van der Waals surface area (Å²) in [7, 11) is 3.48. The summed E-state index contributed by atoms with van der Waals surface area (Å²) in [5.41, 5.74) is 1.06. The van der Waals surface area contributed by atoms with Crippen LogP contribution in [0.1, 0.15) is 54.3 Å². The molecule has 1 heterocycles. The van der Waals surface area contributed by atoms with Crippen molar-refractivity contribution in [3.63, 3.8) is 0 Å². The number of thiazole rings is 1. The van der Waals surface area contributed by atoms with Gasteiger partial charge in [0.25, 0.3) is 0 Å². The fourth-order valence-electron chi connectivity index (χ4n) is 2.06. The molecule has 0 amide bonds. The highest BCUT2D eigenvalue weighted by molar-refractivity contribution is 7.11. The number of rotatable bonds is 9. The fourth-order valence-corrected chi connectivity index (χ4v) is 3.19. The summed E-state index contributed by atoms with van der Waals surface area (Å²) in [6.45, 7) is 3.66. The highest BCUT2D eigenvalue weighted by atomic mass is 32.1. The minimum Gasteiger partial charge on any atom is -0.378 e. The molecule has 1 atom stereocenters. The summed E-state index contributed by atoms with van der Waals surface area (Å²) in [6, 6.07) is 0.717. The van der Waals surface area contributed by atoms with Crippen LogP contribution in [0.4, 0.5) is 0 Å². The Morgan fingerprint density at radius 1 is 1.42 bits per heavy atom. The van der Waals surface area contributed by atoms with E-state index >= 15 is 0 Å². The zero-order valence-electron chi connectivity index (χ0n) is 12.1. The molecule has 0 aromatic carbocycles. The van der Waals surface area contributed by atoms with E-state index in [9.17, 15) is 0 Å². The SMILES string of the molecule is CCCC(OC)c1nc(COC)c(CNC2CC2)s1. The van der Waals surface area contributed by atoms with E-state index in [0.29, 0.717) is 6.61 Å². The number of aromatic nitrogens is 1. The molecule has 0 aliphatic heterocycles. The van der Waals surface area contributed by atoms with Crippen LogP contribution in [0.15, 0.2) is 0 Å². The molecule has 1 saturated carbocycles. The van der Waals surface area contributed by atoms with Gasteiger partial charge in [-0.3, -0.25) is 0 Å². The Kier molecular flexibility index (Phi) is 5.76. The van der Waals surface area contributed by atoms with Gasteiger partial charge in [0.2, 0.25) is 0 Å². The Morgan fingerprint density at radius 2 is 2.21 bits per heavy atom. The van der Waals surface area contributed by atoms with E-state index in [0.717, 1.165) is 36.1 Å². The lowest BCUT2D eigenvalue weighted by molar-refractivity contribution is 0.0942. The van der Waals surface area contributed by atoms with Crippen molar-refractivity contribution in [3.8, 4) is 0 Å². The number of hydrogen-bond acceptors (Lipinski definition) is 5. The van der Waals surface area contributed by atoms with E-state index in [1.165, 1.54) is 17.7 Å². The second-order valence-electron chi connectivity index (χ2n) is 5.02. The van der Waals surface area contributed by atoms with Gasteiger partial charge in [0.15, 0.2) is 0 Å². The van der Waals surface area contributed by atoms with E-state index in [1.54, 1.807) is 25.6 Å². The topological polar surface area (TPSA) is 43.4 Å². The van der Waals surface area contributed by atoms with Gasteiger partial charge >= 0.3 is 0 Å². The molecule has 5 heteroatoms. The maximum atomic E-state index is 5.55. The number of ether oxygens (including phenoxy) is 2. The van der Waals surface area contributed by atoms with E-state index in [1.807, 2.05) is 0 Å². The number of nitrogens with one attached hydrogen (secondary N) is 1. The van der Waals surface area contributed by atoms with Crippen molar-refractivity contribution in [2.75, 3.05) is 14.2 Å². The smallest absolute Gasteiger partial charge is 0.122 e. The Morgan fingerprint density at radius 3 is 2.79 bits per heavy atom. The average molecular weight is 284 g/mol. The minimum absolute atomic E-state index is 0.125. The third kappa shape index (κ3) is 4.24. The molecule has 0 radical (unpaired) electrons. The van der Waals surface area contributed by atoms with Crippen LogP contribution in [0.2, 0.25) is 0 Å². The van der Waals surface area contributed by atoms with Crippen molar-refractivity contribution < 1.29 is 9.47 Å². The zero-order valence-corrected chi connectivity index (χ0v) is 12.9. The summed E-state index contributed by atoms with van der Waals surface area (Å²) < 4.78 is 10.8. The third-order valence-corrected chi connectivity index (χ3v) is 4.50. The average Bonchev–Trinajstić information content (AvgIpc) is 3.16. The monoisotopic (exact) mass is 284 g/mol. The van der Waals surface area contributed by atoms with Gasteiger partial charge < -0.3 is 14.8 Å². The number of hydrogen-bond donors (Lipinski definition) is 1. The lowest BCUT2D eigenvalue weighted by Crippen LogP contribution is -2.15. The van der Waals surface area contributed by atoms with Crippen LogP contribution in [0, 0.1) is 0 Å². The summed E-state index contributed by atoms with van der Waals surface area (Å²) in [5, 5.41) is 4.64. The second kappa shape index (κ2) is 7.33. The Balaban J connectivity index is 2.07. The third-order valence-electron chi connectivity index (χ3n) is 3.32. The van der Waals surface area contributed by atoms with Crippen LogP contribution in [-0.4, -0.2) is 25.2 Å². The van der Waals surface area contributed by atoms with E-state index < -0.39 is 0 Å². The van der Waals surface area contributed by atoms with Gasteiger partial charge in [-0.15, -0.1) is 11.3 Å². The van der Waals surface area contributed by atoms with Crippen molar-refractivity contribution in [2.45, 2.75) is 57.9 Å². The Hall–Kier alpha value is -0.490. The van der Waals surface area contributed by atoms with Crippen molar-refractivity contribution in [1.29, 1.82) is 0 Å². The second-order valence-corrected chi connectivity index (χ2v) is 6.14. The molecule has 1 aromatic rings. The fraction of sp³-hybridized carbons (Fsp3) is 0.786. The summed E-state index contributed by atoms with van der Waals surface area (Å²) in [6.07, 6.45) is 4.86. The summed E-state index contributed by atoms with van der Waals surface area (Å²) in [5.74, 6) is 0. The van der Waals surface area contributed by atoms with Gasteiger partial charge in [0, 0.05) is 31.7 Å². The van der Waals surface area contributed by atoms with Crippen LogP contribution in [0.3, 0.4) is 0 Å². The zero-order chi connectivity index (χ0) is 13.7. The maximum Gasteiger partial charge on any atom is 0.122 e. The van der Waals surface area contributed by atoms with Gasteiger partial charge in [-0.2, -0.15) is 0 Å². The molecule has 108 valence electrons. The molecule has 4 nitrogen and oxygen atoms in total. The van der Waals surface area contributed by atoms with E-state index in [2.05, 4.69) is 12.2 Å². The molecule has 1 unspecified atom stereocenters. The van der Waals surface area contributed by atoms with E-state index in [4.69, 9.17) is 14.5 Å². The molecule has 2 rings (SSSR count). The predicted octanol–water partition coefficient (Wildman–Crippen LogP) is 3.03. The molecule has 19 heavy (non-hydrogen) atoms. The normalized spacial score (nSPS) is 16.8. The molecule has 0 saturated heterocycles. The van der Waals surface area contributed by atoms with E-state index in [-0.39, 0.29) is 6.10 Å². The van der Waals surface area contributed by atoms with Crippen LogP contribution < -0.4 is 5.32 Å². The summed E-state index contributed by atoms with van der Waals surface area (Å²) >= 11 is 1.76. The van der Waals surface area contributed by atoms with Gasteiger partial charge in [-0.1, -0.05) is 13.3 Å². The van der Waals surface area contributed by atoms with Crippen molar-refractivity contribution >= 4 is 11.3 Å².